The lowest BCUT2D eigenvalue weighted by molar-refractivity contribution is 0.689. The molecular weight excluding hydrogens is 286 g/mol. The third-order valence-electron chi connectivity index (χ3n) is 3.26. The average molecular weight is 300 g/mol. The zero-order chi connectivity index (χ0) is 14.7. The Morgan fingerprint density at radius 1 is 1.10 bits per heavy atom. The van der Waals surface area contributed by atoms with Crippen molar-refractivity contribution in [3.63, 3.8) is 0 Å². The van der Waals surface area contributed by atoms with E-state index < -0.39 is 0 Å². The highest BCUT2D eigenvalue weighted by Gasteiger charge is 2.02. The van der Waals surface area contributed by atoms with Crippen LogP contribution in [0.15, 0.2) is 59.7 Å². The second-order valence-corrected chi connectivity index (χ2v) is 5.13. The predicted molar refractivity (Wildman–Crippen MR) is 85.9 cm³/mol. The number of anilines is 1. The molecule has 0 bridgehead atoms. The van der Waals surface area contributed by atoms with Gasteiger partial charge in [-0.3, -0.25) is 9.36 Å². The van der Waals surface area contributed by atoms with Crippen molar-refractivity contribution in [1.82, 2.24) is 9.55 Å². The van der Waals surface area contributed by atoms with Gasteiger partial charge in [-0.25, -0.2) is 4.98 Å². The van der Waals surface area contributed by atoms with Gasteiger partial charge in [-0.05, 0) is 36.4 Å². The van der Waals surface area contributed by atoms with Crippen LogP contribution in [0.4, 0.5) is 5.69 Å². The predicted octanol–water partition coefficient (Wildman–Crippen LogP) is 3.16. The van der Waals surface area contributed by atoms with Gasteiger partial charge in [-0.1, -0.05) is 23.7 Å². The molecule has 1 N–H and O–H groups in total. The summed E-state index contributed by atoms with van der Waals surface area (Å²) < 4.78 is 1.62. The Balaban J connectivity index is 1.72. The summed E-state index contributed by atoms with van der Waals surface area (Å²) >= 11 is 5.84. The maximum atomic E-state index is 12.3. The highest BCUT2D eigenvalue weighted by molar-refractivity contribution is 6.30. The molecule has 3 rings (SSSR count). The van der Waals surface area contributed by atoms with Gasteiger partial charge in [0.25, 0.3) is 5.56 Å². The van der Waals surface area contributed by atoms with Gasteiger partial charge >= 0.3 is 0 Å². The van der Waals surface area contributed by atoms with Crippen LogP contribution in [-0.4, -0.2) is 16.1 Å². The van der Waals surface area contributed by atoms with Crippen molar-refractivity contribution in [2.45, 2.75) is 6.54 Å². The molecule has 0 radical (unpaired) electrons. The number of fused-ring (bicyclic) bond motifs is 1. The lowest BCUT2D eigenvalue weighted by Gasteiger charge is -2.09. The molecule has 1 aromatic heterocycles. The molecule has 3 aromatic rings. The molecule has 0 amide bonds. The maximum Gasteiger partial charge on any atom is 0.261 e. The molecule has 0 atom stereocenters. The van der Waals surface area contributed by atoms with Gasteiger partial charge in [0.1, 0.15) is 0 Å². The van der Waals surface area contributed by atoms with Crippen molar-refractivity contribution in [1.29, 1.82) is 0 Å². The summed E-state index contributed by atoms with van der Waals surface area (Å²) in [5, 5.41) is 4.60. The zero-order valence-corrected chi connectivity index (χ0v) is 12.0. The van der Waals surface area contributed by atoms with Gasteiger partial charge < -0.3 is 5.32 Å². The van der Waals surface area contributed by atoms with Crippen molar-refractivity contribution in [3.05, 3.63) is 70.2 Å². The van der Waals surface area contributed by atoms with Gasteiger partial charge in [-0.15, -0.1) is 0 Å². The first-order valence-corrected chi connectivity index (χ1v) is 7.05. The number of aromatic nitrogens is 2. The molecule has 0 aliphatic heterocycles. The molecular formula is C16H14ClN3O. The lowest BCUT2D eigenvalue weighted by atomic mass is 10.2. The van der Waals surface area contributed by atoms with E-state index in [2.05, 4.69) is 10.3 Å². The summed E-state index contributed by atoms with van der Waals surface area (Å²) in [5.74, 6) is 0. The summed E-state index contributed by atoms with van der Waals surface area (Å²) in [6.45, 7) is 1.20. The maximum absolute atomic E-state index is 12.3. The number of para-hydroxylation sites is 1. The number of hydrogen-bond acceptors (Lipinski definition) is 3. The van der Waals surface area contributed by atoms with E-state index in [9.17, 15) is 4.79 Å². The van der Waals surface area contributed by atoms with E-state index in [0.29, 0.717) is 23.5 Å². The first kappa shape index (κ1) is 13.6. The molecule has 0 saturated carbocycles. The highest BCUT2D eigenvalue weighted by Crippen LogP contribution is 2.13. The van der Waals surface area contributed by atoms with Crippen LogP contribution in [0.25, 0.3) is 10.9 Å². The summed E-state index contributed by atoms with van der Waals surface area (Å²) in [4.78, 5) is 16.6. The minimum absolute atomic E-state index is 0.0153. The molecule has 0 aliphatic carbocycles. The fourth-order valence-electron chi connectivity index (χ4n) is 2.15. The summed E-state index contributed by atoms with van der Waals surface area (Å²) in [5.41, 5.74) is 1.68. The van der Waals surface area contributed by atoms with Gasteiger partial charge in [0.2, 0.25) is 0 Å². The number of benzene rings is 2. The van der Waals surface area contributed by atoms with E-state index >= 15 is 0 Å². The Kier molecular flexibility index (Phi) is 3.88. The largest absolute Gasteiger partial charge is 0.383 e. The molecule has 0 fully saturated rings. The fourth-order valence-corrected chi connectivity index (χ4v) is 2.28. The van der Waals surface area contributed by atoms with E-state index in [4.69, 9.17) is 11.6 Å². The normalized spacial score (nSPS) is 10.7. The van der Waals surface area contributed by atoms with Crippen molar-refractivity contribution in [3.8, 4) is 0 Å². The third-order valence-corrected chi connectivity index (χ3v) is 3.51. The Hall–Kier alpha value is -2.33. The highest BCUT2D eigenvalue weighted by atomic mass is 35.5. The van der Waals surface area contributed by atoms with Crippen LogP contribution in [0.3, 0.4) is 0 Å². The van der Waals surface area contributed by atoms with Crippen molar-refractivity contribution in [2.24, 2.45) is 0 Å². The monoisotopic (exact) mass is 299 g/mol. The second kappa shape index (κ2) is 5.97. The van der Waals surface area contributed by atoms with E-state index in [0.717, 1.165) is 11.2 Å². The minimum Gasteiger partial charge on any atom is -0.383 e. The van der Waals surface area contributed by atoms with Crippen LogP contribution in [-0.2, 0) is 6.54 Å². The SMILES string of the molecule is O=c1c2ccccc2ncn1CCNc1ccc(Cl)cc1. The van der Waals surface area contributed by atoms with Gasteiger partial charge in [0.05, 0.1) is 17.2 Å². The molecule has 21 heavy (non-hydrogen) atoms. The fraction of sp³-hybridized carbons (Fsp3) is 0.125. The number of nitrogens with one attached hydrogen (secondary N) is 1. The van der Waals surface area contributed by atoms with E-state index in [1.54, 1.807) is 17.0 Å². The first-order valence-electron chi connectivity index (χ1n) is 6.68. The summed E-state index contributed by atoms with van der Waals surface area (Å²) in [6.07, 6.45) is 1.59. The number of nitrogens with zero attached hydrogens (tertiary/aromatic N) is 2. The van der Waals surface area contributed by atoms with Crippen LogP contribution >= 0.6 is 11.6 Å². The van der Waals surface area contributed by atoms with E-state index in [1.807, 2.05) is 42.5 Å². The minimum atomic E-state index is -0.0153. The second-order valence-electron chi connectivity index (χ2n) is 4.69. The first-order chi connectivity index (χ1) is 10.2. The van der Waals surface area contributed by atoms with E-state index in [1.165, 1.54) is 0 Å². The Bertz CT molecular complexity index is 812. The number of hydrogen-bond donors (Lipinski definition) is 1. The molecule has 0 aliphatic rings. The van der Waals surface area contributed by atoms with Crippen LogP contribution in [0, 0.1) is 0 Å². The topological polar surface area (TPSA) is 46.9 Å². The third kappa shape index (κ3) is 3.06. The van der Waals surface area contributed by atoms with Gasteiger partial charge in [0.15, 0.2) is 0 Å². The van der Waals surface area contributed by atoms with Crippen LogP contribution in [0.2, 0.25) is 5.02 Å². The summed E-state index contributed by atoms with van der Waals surface area (Å²) in [7, 11) is 0. The van der Waals surface area contributed by atoms with Crippen molar-refractivity contribution < 1.29 is 0 Å². The zero-order valence-electron chi connectivity index (χ0n) is 11.3. The van der Waals surface area contributed by atoms with Gasteiger partial charge in [0, 0.05) is 23.8 Å². The van der Waals surface area contributed by atoms with Crippen molar-refractivity contribution >= 4 is 28.2 Å². The molecule has 1 heterocycles. The van der Waals surface area contributed by atoms with E-state index in [-0.39, 0.29) is 5.56 Å². The average Bonchev–Trinajstić information content (AvgIpc) is 2.52. The van der Waals surface area contributed by atoms with Gasteiger partial charge in [-0.2, -0.15) is 0 Å². The standard InChI is InChI=1S/C16H14ClN3O/c17-12-5-7-13(8-6-12)18-9-10-20-11-19-15-4-2-1-3-14(15)16(20)21/h1-8,11,18H,9-10H2. The van der Waals surface area contributed by atoms with Crippen LogP contribution in [0.5, 0.6) is 0 Å². The Labute approximate surface area is 127 Å². The smallest absolute Gasteiger partial charge is 0.261 e. The molecule has 0 spiro atoms. The van der Waals surface area contributed by atoms with Crippen LogP contribution < -0.4 is 10.9 Å². The number of rotatable bonds is 4. The summed E-state index contributed by atoms with van der Waals surface area (Å²) in [6, 6.07) is 14.8. The quantitative estimate of drug-likeness (QED) is 0.805. The molecule has 2 aromatic carbocycles. The lowest BCUT2D eigenvalue weighted by Crippen LogP contribution is -2.24. The molecule has 0 saturated heterocycles. The molecule has 4 nitrogen and oxygen atoms in total. The van der Waals surface area contributed by atoms with Crippen LogP contribution in [0.1, 0.15) is 0 Å². The van der Waals surface area contributed by atoms with Crippen molar-refractivity contribution in [2.75, 3.05) is 11.9 Å². The molecule has 0 unspecified atom stereocenters. The molecule has 5 heteroatoms. The Morgan fingerprint density at radius 3 is 2.67 bits per heavy atom. The Morgan fingerprint density at radius 2 is 1.86 bits per heavy atom. The number of halogens is 1. The molecule has 106 valence electrons.